The molecule has 0 spiro atoms. The molecule has 3 atom stereocenters. The molecule has 1 saturated carbocycles. The molecule has 1 amide bonds. The molecule has 4 rings (SSSR count). The van der Waals surface area contributed by atoms with Crippen LogP contribution in [0.25, 0.3) is 0 Å². The van der Waals surface area contributed by atoms with Crippen molar-refractivity contribution >= 4 is 5.91 Å². The molecule has 5 nitrogen and oxygen atoms in total. The van der Waals surface area contributed by atoms with Gasteiger partial charge in [-0.3, -0.25) is 14.5 Å². The van der Waals surface area contributed by atoms with Gasteiger partial charge >= 0.3 is 0 Å². The summed E-state index contributed by atoms with van der Waals surface area (Å²) < 4.78 is 1.68. The second-order valence-corrected chi connectivity index (χ2v) is 7.70. The van der Waals surface area contributed by atoms with E-state index < -0.39 is 0 Å². The quantitative estimate of drug-likeness (QED) is 0.865. The number of aryl methyl sites for hydroxylation is 2. The van der Waals surface area contributed by atoms with Crippen LogP contribution >= 0.6 is 0 Å². The second kappa shape index (κ2) is 6.62. The fraction of sp³-hybridized carbons (Fsp3) is 0.550. The maximum Gasteiger partial charge on any atom is 0.272 e. The highest BCUT2D eigenvalue weighted by Gasteiger charge is 2.42. The van der Waals surface area contributed by atoms with Crippen LogP contribution in [0.15, 0.2) is 30.6 Å². The molecule has 5 heteroatoms. The third-order valence-corrected chi connectivity index (χ3v) is 6.02. The van der Waals surface area contributed by atoms with Crippen molar-refractivity contribution in [1.82, 2.24) is 19.7 Å². The van der Waals surface area contributed by atoms with E-state index in [1.165, 1.54) is 30.5 Å². The number of carbonyl (C=O) groups is 1. The molecule has 25 heavy (non-hydrogen) atoms. The van der Waals surface area contributed by atoms with Crippen LogP contribution in [-0.2, 0) is 13.5 Å². The number of likely N-dealkylation sites (tertiary alicyclic amines) is 1. The van der Waals surface area contributed by atoms with Gasteiger partial charge in [-0.25, -0.2) is 0 Å². The fourth-order valence-corrected chi connectivity index (χ4v) is 4.64. The zero-order valence-corrected chi connectivity index (χ0v) is 15.1. The number of aromatic nitrogens is 3. The van der Waals surface area contributed by atoms with Gasteiger partial charge in [-0.15, -0.1) is 0 Å². The maximum atomic E-state index is 12.8. The summed E-state index contributed by atoms with van der Waals surface area (Å²) in [6.07, 6.45) is 8.47. The highest BCUT2D eigenvalue weighted by Crippen LogP contribution is 2.41. The van der Waals surface area contributed by atoms with Gasteiger partial charge in [-0.2, -0.15) is 5.10 Å². The van der Waals surface area contributed by atoms with Crippen LogP contribution in [0.2, 0.25) is 0 Å². The summed E-state index contributed by atoms with van der Waals surface area (Å²) in [7, 11) is 1.84. The number of fused-ring (bicyclic) bond motifs is 1. The number of nitrogens with zero attached hydrogens (tertiary/aromatic N) is 4. The number of hydrogen-bond acceptors (Lipinski definition) is 3. The van der Waals surface area contributed by atoms with Crippen LogP contribution in [0, 0.1) is 24.7 Å². The molecule has 2 fully saturated rings. The lowest BCUT2D eigenvalue weighted by Gasteiger charge is -2.32. The topological polar surface area (TPSA) is 51.0 Å². The summed E-state index contributed by atoms with van der Waals surface area (Å²) in [5.74, 6) is 2.01. The maximum absolute atomic E-state index is 12.8. The van der Waals surface area contributed by atoms with Gasteiger partial charge in [0.05, 0.1) is 0 Å². The minimum Gasteiger partial charge on any atom is -0.337 e. The van der Waals surface area contributed by atoms with Gasteiger partial charge in [0.2, 0.25) is 0 Å². The highest BCUT2D eigenvalue weighted by atomic mass is 16.2. The molecule has 3 heterocycles. The third kappa shape index (κ3) is 3.20. The van der Waals surface area contributed by atoms with E-state index in [1.54, 1.807) is 10.9 Å². The van der Waals surface area contributed by atoms with E-state index in [0.29, 0.717) is 23.4 Å². The van der Waals surface area contributed by atoms with Gasteiger partial charge in [0.15, 0.2) is 0 Å². The zero-order valence-electron chi connectivity index (χ0n) is 15.1. The third-order valence-electron chi connectivity index (χ3n) is 6.02. The first-order valence-electron chi connectivity index (χ1n) is 9.30. The van der Waals surface area contributed by atoms with Gasteiger partial charge in [-0.05, 0) is 61.6 Å². The summed E-state index contributed by atoms with van der Waals surface area (Å²) in [5.41, 5.74) is 3.09. The van der Waals surface area contributed by atoms with Gasteiger partial charge in [-0.1, -0.05) is 12.5 Å². The number of amides is 1. The minimum atomic E-state index is 0.126. The van der Waals surface area contributed by atoms with Crippen molar-refractivity contribution < 1.29 is 4.79 Å². The van der Waals surface area contributed by atoms with Crippen molar-refractivity contribution in [1.29, 1.82) is 0 Å². The Morgan fingerprint density at radius 2 is 2.12 bits per heavy atom. The van der Waals surface area contributed by atoms with Crippen LogP contribution in [0.3, 0.4) is 0 Å². The monoisotopic (exact) mass is 338 g/mol. The normalized spacial score (nSPS) is 25.8. The molecule has 1 aliphatic heterocycles. The lowest BCUT2D eigenvalue weighted by atomic mass is 9.72. The fourth-order valence-electron chi connectivity index (χ4n) is 4.64. The molecule has 2 aromatic rings. The van der Waals surface area contributed by atoms with E-state index >= 15 is 0 Å². The van der Waals surface area contributed by atoms with E-state index in [0.717, 1.165) is 19.5 Å². The Hall–Kier alpha value is -2.17. The van der Waals surface area contributed by atoms with Crippen molar-refractivity contribution in [3.05, 3.63) is 47.5 Å². The molecule has 2 aromatic heterocycles. The van der Waals surface area contributed by atoms with Gasteiger partial charge < -0.3 is 4.90 Å². The standard InChI is InChI=1S/C20H26N4O/c1-14-6-7-17(21-11-14)10-15-4-3-5-16-12-24(13-18(15)16)20(25)19-8-9-22-23(19)2/h6-9,11,15-16,18H,3-5,10,12-13H2,1-2H3/t15-,16-,18-/m1/s1. The van der Waals surface area contributed by atoms with Crippen molar-refractivity contribution in [2.45, 2.75) is 32.6 Å². The van der Waals surface area contributed by atoms with Crippen LogP contribution in [0.4, 0.5) is 0 Å². The van der Waals surface area contributed by atoms with Crippen LogP contribution in [0.1, 0.15) is 41.0 Å². The molecule has 132 valence electrons. The van der Waals surface area contributed by atoms with Crippen molar-refractivity contribution in [3.8, 4) is 0 Å². The molecule has 0 radical (unpaired) electrons. The van der Waals surface area contributed by atoms with Crippen molar-refractivity contribution in [2.75, 3.05) is 13.1 Å². The number of hydrogen-bond donors (Lipinski definition) is 0. The Bertz CT molecular complexity index is 751. The summed E-state index contributed by atoms with van der Waals surface area (Å²) in [6.45, 7) is 3.85. The molecule has 1 saturated heterocycles. The first-order valence-corrected chi connectivity index (χ1v) is 9.30. The van der Waals surface area contributed by atoms with Gasteiger partial charge in [0.25, 0.3) is 5.91 Å². The SMILES string of the molecule is Cc1ccc(C[C@H]2CCC[C@@H]3CN(C(=O)c4ccnn4C)C[C@H]23)nc1. The van der Waals surface area contributed by atoms with E-state index in [4.69, 9.17) is 0 Å². The lowest BCUT2D eigenvalue weighted by molar-refractivity contribution is 0.0770. The molecular formula is C20H26N4O. The van der Waals surface area contributed by atoms with Crippen molar-refractivity contribution in [3.63, 3.8) is 0 Å². The van der Waals surface area contributed by atoms with E-state index in [9.17, 15) is 4.79 Å². The average molecular weight is 338 g/mol. The lowest BCUT2D eigenvalue weighted by Crippen LogP contribution is -2.31. The summed E-state index contributed by atoms with van der Waals surface area (Å²) >= 11 is 0. The van der Waals surface area contributed by atoms with Crippen LogP contribution in [0.5, 0.6) is 0 Å². The average Bonchev–Trinajstić information content (AvgIpc) is 3.23. The van der Waals surface area contributed by atoms with E-state index in [2.05, 4.69) is 29.1 Å². The smallest absolute Gasteiger partial charge is 0.272 e. The first kappa shape index (κ1) is 16.3. The van der Waals surface area contributed by atoms with Crippen LogP contribution in [-0.4, -0.2) is 38.7 Å². The molecule has 0 N–H and O–H groups in total. The first-order chi connectivity index (χ1) is 12.1. The molecule has 0 bridgehead atoms. The number of carbonyl (C=O) groups excluding carboxylic acids is 1. The summed E-state index contributed by atoms with van der Waals surface area (Å²) in [4.78, 5) is 19.5. The Balaban J connectivity index is 1.47. The van der Waals surface area contributed by atoms with Crippen LogP contribution < -0.4 is 0 Å². The Kier molecular flexibility index (Phi) is 4.32. The highest BCUT2D eigenvalue weighted by molar-refractivity contribution is 5.92. The Labute approximate surface area is 149 Å². The van der Waals surface area contributed by atoms with E-state index in [-0.39, 0.29) is 5.91 Å². The number of rotatable bonds is 3. The predicted molar refractivity (Wildman–Crippen MR) is 96.1 cm³/mol. The number of pyridine rings is 1. The van der Waals surface area contributed by atoms with Gasteiger partial charge in [0, 0.05) is 38.2 Å². The second-order valence-electron chi connectivity index (χ2n) is 7.70. The minimum absolute atomic E-state index is 0.126. The Morgan fingerprint density at radius 1 is 1.24 bits per heavy atom. The Morgan fingerprint density at radius 3 is 2.84 bits per heavy atom. The molecular weight excluding hydrogens is 312 g/mol. The predicted octanol–water partition coefficient (Wildman–Crippen LogP) is 2.85. The summed E-state index contributed by atoms with van der Waals surface area (Å²) in [5, 5.41) is 4.14. The van der Waals surface area contributed by atoms with Gasteiger partial charge in [0.1, 0.15) is 5.69 Å². The molecule has 2 aliphatic rings. The molecule has 0 aromatic carbocycles. The zero-order chi connectivity index (χ0) is 17.4. The van der Waals surface area contributed by atoms with E-state index in [1.807, 2.05) is 24.2 Å². The summed E-state index contributed by atoms with van der Waals surface area (Å²) in [6, 6.07) is 6.12. The van der Waals surface area contributed by atoms with Crippen molar-refractivity contribution in [2.24, 2.45) is 24.8 Å². The largest absolute Gasteiger partial charge is 0.337 e. The molecule has 1 aliphatic carbocycles. The molecule has 0 unspecified atom stereocenters.